The van der Waals surface area contributed by atoms with Crippen molar-refractivity contribution < 1.29 is 58.3 Å². The summed E-state index contributed by atoms with van der Waals surface area (Å²) in [7, 11) is 1.91. The Hall–Kier alpha value is 1.37. The molecule has 0 aliphatic carbocycles. The Morgan fingerprint density at radius 3 is 2.14 bits per heavy atom. The van der Waals surface area contributed by atoms with E-state index in [0.29, 0.717) is 0 Å². The fourth-order valence-corrected chi connectivity index (χ4v) is 1.72. The van der Waals surface area contributed by atoms with Crippen molar-refractivity contribution in [2.75, 3.05) is 7.05 Å². The van der Waals surface area contributed by atoms with Crippen molar-refractivity contribution >= 4 is 5.78 Å². The van der Waals surface area contributed by atoms with Crippen LogP contribution in [0.4, 0.5) is 0 Å². The maximum Gasteiger partial charge on any atom is 0.119 e. The molecule has 0 aromatic carbocycles. The number of hydrogen-bond donors (Lipinski definition) is 0. The molecule has 2 nitrogen and oxygen atoms in total. The van der Waals surface area contributed by atoms with Crippen LogP contribution >= 0.6 is 0 Å². The average Bonchev–Trinajstić information content (AvgIpc) is 2.13. The van der Waals surface area contributed by atoms with Crippen LogP contribution in [0.2, 0.25) is 0 Å². The van der Waals surface area contributed by atoms with Crippen molar-refractivity contribution in [2.45, 2.75) is 39.3 Å². The zero-order valence-electron chi connectivity index (χ0n) is 10.4. The van der Waals surface area contributed by atoms with Crippen LogP contribution in [-0.4, -0.2) is 29.3 Å². The van der Waals surface area contributed by atoms with Gasteiger partial charge in [0.25, 0.3) is 0 Å². The molecule has 0 radical (unpaired) electrons. The van der Waals surface area contributed by atoms with Crippen molar-refractivity contribution in [3.63, 3.8) is 0 Å². The fraction of sp³-hybridized carbons (Fsp3) is 0.800. The number of likely N-dealkylation sites (N-methyl/N-ethyl adjacent to an activating group) is 1. The molecule has 3 unspecified atom stereocenters. The van der Waals surface area contributed by atoms with Gasteiger partial charge in [-0.3, -0.25) is 6.42 Å². The molecule has 0 aromatic rings. The van der Waals surface area contributed by atoms with Gasteiger partial charge >= 0.3 is 0 Å². The summed E-state index contributed by atoms with van der Waals surface area (Å²) in [6.07, 6.45) is 1.84. The maximum absolute atomic E-state index is 11.5. The third-order valence-corrected chi connectivity index (χ3v) is 3.19. The predicted octanol–water partition coefficient (Wildman–Crippen LogP) is 1.51. The zero-order valence-corrected chi connectivity index (χ0v) is 16.5. The number of carbonyl (C=O) groups excluding carboxylic acids is 1. The van der Waals surface area contributed by atoms with E-state index in [4.69, 9.17) is 1.37 Å². The van der Waals surface area contributed by atoms with E-state index in [1.54, 1.807) is 6.92 Å². The van der Waals surface area contributed by atoms with Gasteiger partial charge in [-0.1, -0.05) is 20.8 Å². The molecule has 0 spiro atoms. The predicted molar refractivity (Wildman–Crippen MR) is 49.8 cm³/mol. The van der Waals surface area contributed by atoms with Crippen molar-refractivity contribution in [1.29, 1.82) is 0 Å². The Morgan fingerprint density at radius 1 is 1.57 bits per heavy atom. The number of rotatable bonds is 1. The van der Waals surface area contributed by atoms with E-state index >= 15 is 0 Å². The Kier molecular flexibility index (Phi) is 6.80. The molecule has 1 aliphatic rings. The molecule has 1 heterocycles. The molecule has 0 bridgehead atoms. The normalized spacial score (nSPS) is 43.5. The summed E-state index contributed by atoms with van der Waals surface area (Å²) < 4.78 is 8.02. The molecule has 14 heavy (non-hydrogen) atoms. The van der Waals surface area contributed by atoms with E-state index in [9.17, 15) is 4.79 Å². The van der Waals surface area contributed by atoms with E-state index in [1.165, 1.54) is 0 Å². The minimum Gasteiger partial charge on any atom is -0.323 e. The van der Waals surface area contributed by atoms with Gasteiger partial charge in [0.05, 0.1) is 0 Å². The SMILES string of the molecule is [3H]C1(C)[CH-]C(C)(C(C)=O)N(C)C1C.[U].[W]. The van der Waals surface area contributed by atoms with E-state index < -0.39 is 11.4 Å². The number of likely N-dealkylation sites (tertiary alicyclic amines) is 1. The Labute approximate surface area is 127 Å². The Bertz CT molecular complexity index is 250. The van der Waals surface area contributed by atoms with Gasteiger partial charge in [-0.25, -0.2) is 0 Å². The van der Waals surface area contributed by atoms with Gasteiger partial charge in [0.2, 0.25) is 0 Å². The van der Waals surface area contributed by atoms with Gasteiger partial charge in [0.15, 0.2) is 0 Å². The number of ketones is 1. The van der Waals surface area contributed by atoms with Gasteiger partial charge in [-0.15, -0.1) is 0 Å². The standard InChI is InChI=1S/C10H18NO.U.W/c1-7-6-10(4,9(3)12)11(5)8(7)2;;/h6-8H,1-5H3;;/q-1;;/i7T;;. The van der Waals surface area contributed by atoms with E-state index in [0.717, 1.165) is 0 Å². The average molecular weight is 592 g/mol. The Balaban J connectivity index is 0. The van der Waals surface area contributed by atoms with Gasteiger partial charge in [-0.05, 0) is 26.9 Å². The third kappa shape index (κ3) is 2.94. The third-order valence-electron chi connectivity index (χ3n) is 3.19. The monoisotopic (exact) mass is 592 g/mol. The van der Waals surface area contributed by atoms with E-state index in [1.807, 2.05) is 39.1 Å². The summed E-state index contributed by atoms with van der Waals surface area (Å²) in [6.45, 7) is 7.30. The quantitative estimate of drug-likeness (QED) is 0.431. The number of nitrogens with zero attached hydrogens (tertiary/aromatic N) is 1. The number of hydrogen-bond acceptors (Lipinski definition) is 2. The second-order valence-electron chi connectivity index (χ2n) is 3.88. The van der Waals surface area contributed by atoms with Gasteiger partial charge in [0, 0.05) is 52.2 Å². The molecule has 1 saturated heterocycles. The van der Waals surface area contributed by atoms with Gasteiger partial charge in [0.1, 0.15) is 5.78 Å². The first-order valence-corrected chi connectivity index (χ1v) is 4.33. The molecule has 1 aliphatic heterocycles. The summed E-state index contributed by atoms with van der Waals surface area (Å²) in [5.74, 6) is -0.521. The molecule has 0 amide bonds. The summed E-state index contributed by atoms with van der Waals surface area (Å²) in [5, 5.41) is 0. The van der Waals surface area contributed by atoms with Crippen LogP contribution in [-0.2, 0) is 25.9 Å². The van der Waals surface area contributed by atoms with Gasteiger partial charge in [-0.2, -0.15) is 5.89 Å². The molecule has 0 saturated carbocycles. The molecule has 3 atom stereocenters. The minimum absolute atomic E-state index is 0. The molecule has 0 N–H and O–H groups in total. The van der Waals surface area contributed by atoms with Crippen LogP contribution < -0.4 is 0 Å². The molecular weight excluding hydrogens is 572 g/mol. The minimum atomic E-state index is -0.630. The van der Waals surface area contributed by atoms with Crippen molar-refractivity contribution in [3.8, 4) is 0 Å². The summed E-state index contributed by atoms with van der Waals surface area (Å²) >= 11 is 0. The summed E-state index contributed by atoms with van der Waals surface area (Å²) in [6, 6.07) is 0.0846. The molecule has 1 fully saturated rings. The first kappa shape index (κ1) is 15.4. The van der Waals surface area contributed by atoms with Gasteiger partial charge < -0.3 is 9.69 Å². The summed E-state index contributed by atoms with van der Waals surface area (Å²) in [4.78, 5) is 13.4. The molecule has 1 rings (SSSR count). The van der Waals surface area contributed by atoms with Crippen molar-refractivity contribution in [2.24, 2.45) is 5.89 Å². The van der Waals surface area contributed by atoms with Crippen LogP contribution in [0.3, 0.4) is 0 Å². The fourth-order valence-electron chi connectivity index (χ4n) is 1.72. The van der Waals surface area contributed by atoms with Crippen molar-refractivity contribution in [1.82, 2.24) is 4.90 Å². The molecule has 80 valence electrons. The van der Waals surface area contributed by atoms with Crippen LogP contribution in [0.15, 0.2) is 0 Å². The van der Waals surface area contributed by atoms with Crippen LogP contribution in [0.1, 0.15) is 29.1 Å². The molecule has 0 aromatic heterocycles. The van der Waals surface area contributed by atoms with Crippen LogP contribution in [0, 0.1) is 43.4 Å². The molecule has 4 heteroatoms. The zero-order chi connectivity index (χ0) is 10.4. The topological polar surface area (TPSA) is 20.3 Å². The van der Waals surface area contributed by atoms with Crippen LogP contribution in [0.25, 0.3) is 0 Å². The smallest absolute Gasteiger partial charge is 0.119 e. The Morgan fingerprint density at radius 2 is 2.00 bits per heavy atom. The second-order valence-corrected chi connectivity index (χ2v) is 3.88. The maximum atomic E-state index is 11.5. The number of Topliss-reactive ketones (excluding diaryl/α,β-unsaturated/α-hetero) is 1. The van der Waals surface area contributed by atoms with E-state index in [-0.39, 0.29) is 64.0 Å². The number of carbonyl (C=O) groups is 1. The first-order chi connectivity index (χ1) is 5.72. The largest absolute Gasteiger partial charge is 0.323 e. The summed E-state index contributed by atoms with van der Waals surface area (Å²) in [5.41, 5.74) is -0.560. The molecular formula is C10H18NOUW-. The second kappa shape index (κ2) is 6.19. The van der Waals surface area contributed by atoms with E-state index in [2.05, 4.69) is 0 Å². The van der Waals surface area contributed by atoms with Crippen LogP contribution in [0.5, 0.6) is 0 Å². The van der Waals surface area contributed by atoms with Crippen molar-refractivity contribution in [3.05, 3.63) is 6.42 Å². The first-order valence-electron chi connectivity index (χ1n) is 4.83.